The largest absolute Gasteiger partial charge is 2.00 e. The van der Waals surface area contributed by atoms with Crippen LogP contribution in [0.2, 0.25) is 0 Å². The van der Waals surface area contributed by atoms with Crippen molar-refractivity contribution in [2.45, 2.75) is 0 Å². The molecule has 0 bridgehead atoms. The topological polar surface area (TPSA) is 86.4 Å². The fraction of sp³-hybridized carbons (Fsp3) is 0.200. The molecule has 0 atom stereocenters. The van der Waals surface area contributed by atoms with Crippen LogP contribution in [0.15, 0.2) is 48.8 Å². The van der Waals surface area contributed by atoms with Crippen LogP contribution in [0.5, 0.6) is 0 Å². The van der Waals surface area contributed by atoms with E-state index in [0.29, 0.717) is 48.2 Å². The number of aromatic nitrogens is 2. The molecule has 0 radical (unpaired) electrons. The van der Waals surface area contributed by atoms with Crippen LogP contribution in [0.3, 0.4) is 0 Å². The molecule has 138 valence electrons. The molecule has 4 rings (SSSR count). The van der Waals surface area contributed by atoms with Crippen molar-refractivity contribution >= 4 is 38.6 Å². The van der Waals surface area contributed by atoms with Gasteiger partial charge in [-0.25, -0.2) is 0 Å². The van der Waals surface area contributed by atoms with Gasteiger partial charge in [-0.15, -0.1) is 6.07 Å². The molecule has 0 aliphatic carbocycles. The molecule has 0 spiro atoms. The molecule has 8 heteroatoms. The standard InChI is InChI=1S/C20H17N4O3.Be.H/c25-18(16-12-22-17-13-21-7-6-15(16)17)20(27)24-10-8-23(9-11-24)19(26)14-4-2-1-3-5-14;;/h1-7,12,22H,8-11H2;;/q-1;+2;-1. The van der Waals surface area contributed by atoms with Gasteiger partial charge in [-0.05, 0) is 29.4 Å². The molecule has 1 saturated heterocycles. The molecule has 0 unspecified atom stereocenters. The van der Waals surface area contributed by atoms with Crippen molar-refractivity contribution in [1.82, 2.24) is 19.8 Å². The Morgan fingerprint density at radius 2 is 1.68 bits per heavy atom. The fourth-order valence-electron chi connectivity index (χ4n) is 3.24. The predicted molar refractivity (Wildman–Crippen MR) is 105 cm³/mol. The molecule has 2 amide bonds. The quantitative estimate of drug-likeness (QED) is 0.325. The Hall–Kier alpha value is -3.31. The van der Waals surface area contributed by atoms with Crippen LogP contribution >= 0.6 is 0 Å². The molecule has 0 saturated carbocycles. The molecule has 1 aliphatic heterocycles. The van der Waals surface area contributed by atoms with E-state index in [1.165, 1.54) is 17.3 Å². The van der Waals surface area contributed by atoms with E-state index >= 15 is 0 Å². The number of carbonyl (C=O) groups excluding carboxylic acids is 3. The van der Waals surface area contributed by atoms with Gasteiger partial charge in [-0.1, -0.05) is 36.0 Å². The number of benzene rings is 1. The number of aromatic amines is 1. The Bertz CT molecular complexity index is 1020. The van der Waals surface area contributed by atoms with Crippen LogP contribution in [0.1, 0.15) is 22.1 Å². The zero-order valence-corrected chi connectivity index (χ0v) is 15.2. The number of H-pyrrole nitrogens is 1. The second-order valence-electron chi connectivity index (χ2n) is 6.33. The van der Waals surface area contributed by atoms with E-state index in [1.54, 1.807) is 23.1 Å². The fourth-order valence-corrected chi connectivity index (χ4v) is 3.24. The number of hydrogen-bond acceptors (Lipinski definition) is 4. The average Bonchev–Trinajstić information content (AvgIpc) is 3.17. The molecule has 1 N–H and O–H groups in total. The number of rotatable bonds is 3. The first-order valence-electron chi connectivity index (χ1n) is 8.67. The third-order valence-electron chi connectivity index (χ3n) is 4.73. The zero-order chi connectivity index (χ0) is 18.8. The first-order valence-corrected chi connectivity index (χ1v) is 8.67. The molecule has 3 heterocycles. The van der Waals surface area contributed by atoms with Gasteiger partial charge in [0.1, 0.15) is 0 Å². The Morgan fingerprint density at radius 3 is 2.39 bits per heavy atom. The van der Waals surface area contributed by atoms with Gasteiger partial charge in [0.05, 0.1) is 0 Å². The van der Waals surface area contributed by atoms with Gasteiger partial charge in [0, 0.05) is 31.7 Å². The van der Waals surface area contributed by atoms with Crippen molar-refractivity contribution in [3.8, 4) is 0 Å². The summed E-state index contributed by atoms with van der Waals surface area (Å²) in [7, 11) is 0. The maximum absolute atomic E-state index is 12.6. The second-order valence-corrected chi connectivity index (χ2v) is 6.33. The summed E-state index contributed by atoms with van der Waals surface area (Å²) in [4.78, 5) is 47.7. The predicted octanol–water partition coefficient (Wildman–Crippen LogP) is 1.26. The minimum Gasteiger partial charge on any atom is -1.00 e. The van der Waals surface area contributed by atoms with Crippen LogP contribution in [0.25, 0.3) is 10.9 Å². The third-order valence-corrected chi connectivity index (χ3v) is 4.73. The van der Waals surface area contributed by atoms with E-state index in [0.717, 1.165) is 0 Å². The van der Waals surface area contributed by atoms with Crippen molar-refractivity contribution in [2.24, 2.45) is 0 Å². The molecular formula is C20H18BeN4O3. The zero-order valence-electron chi connectivity index (χ0n) is 16.2. The Labute approximate surface area is 167 Å². The summed E-state index contributed by atoms with van der Waals surface area (Å²) in [6, 6.07) is 10.7. The van der Waals surface area contributed by atoms with E-state index in [1.807, 2.05) is 18.2 Å². The Kier molecular flexibility index (Phi) is 5.66. The van der Waals surface area contributed by atoms with E-state index in [4.69, 9.17) is 0 Å². The normalized spacial score (nSPS) is 13.9. The minimum atomic E-state index is -0.566. The number of pyridine rings is 1. The average molecular weight is 371 g/mol. The number of nitrogens with zero attached hydrogens (tertiary/aromatic N) is 3. The van der Waals surface area contributed by atoms with Gasteiger partial charge in [-0.2, -0.15) is 0 Å². The number of fused-ring (bicyclic) bond motifs is 1. The van der Waals surface area contributed by atoms with E-state index in [-0.39, 0.29) is 17.5 Å². The van der Waals surface area contributed by atoms with Crippen LogP contribution in [-0.4, -0.2) is 73.7 Å². The first-order chi connectivity index (χ1) is 13.1. The summed E-state index contributed by atoms with van der Waals surface area (Å²) < 4.78 is 0. The number of Topliss-reactive ketones (excluding diaryl/α,β-unsaturated/α-hetero) is 1. The molecule has 1 fully saturated rings. The van der Waals surface area contributed by atoms with Gasteiger partial charge >= 0.3 is 10.1 Å². The van der Waals surface area contributed by atoms with Crippen molar-refractivity contribution in [2.75, 3.05) is 26.2 Å². The van der Waals surface area contributed by atoms with Crippen LogP contribution in [-0.2, 0) is 4.79 Å². The van der Waals surface area contributed by atoms with Crippen LogP contribution in [0, 0.1) is 6.20 Å². The van der Waals surface area contributed by atoms with Crippen LogP contribution < -0.4 is 0 Å². The summed E-state index contributed by atoms with van der Waals surface area (Å²) in [6.07, 6.45) is 5.80. The second kappa shape index (κ2) is 8.15. The maximum Gasteiger partial charge on any atom is 2.00 e. The van der Waals surface area contributed by atoms with Crippen LogP contribution in [0.4, 0.5) is 0 Å². The summed E-state index contributed by atoms with van der Waals surface area (Å²) in [5.41, 5.74) is 1.53. The number of hydrogen-bond donors (Lipinski definition) is 1. The third kappa shape index (κ3) is 3.57. The summed E-state index contributed by atoms with van der Waals surface area (Å²) >= 11 is 0. The van der Waals surface area contributed by atoms with Gasteiger partial charge in [-0.3, -0.25) is 14.4 Å². The van der Waals surface area contributed by atoms with E-state index < -0.39 is 11.7 Å². The molecule has 2 aromatic heterocycles. The smallest absolute Gasteiger partial charge is 1.00 e. The van der Waals surface area contributed by atoms with Gasteiger partial charge in [0.15, 0.2) is 0 Å². The number of ketones is 1. The summed E-state index contributed by atoms with van der Waals surface area (Å²) in [5.74, 6) is -1.18. The summed E-state index contributed by atoms with van der Waals surface area (Å²) in [5, 5.41) is 0.626. The SMILES string of the molecule is O=C(C(=O)N1CCN(C(=O)c2ccccc2)CC1)c1c[nH]c2[c-]nccc12.[Be+2].[H-]. The Morgan fingerprint density at radius 1 is 1.00 bits per heavy atom. The summed E-state index contributed by atoms with van der Waals surface area (Å²) in [6.45, 7) is 1.47. The molecule has 7 nitrogen and oxygen atoms in total. The van der Waals surface area contributed by atoms with E-state index in [9.17, 15) is 14.4 Å². The van der Waals surface area contributed by atoms with Gasteiger partial charge in [0.2, 0.25) is 5.78 Å². The number of nitrogens with one attached hydrogen (secondary N) is 1. The van der Waals surface area contributed by atoms with Gasteiger partial charge < -0.3 is 21.2 Å². The van der Waals surface area contributed by atoms with Crippen molar-refractivity contribution in [3.63, 3.8) is 0 Å². The number of piperazine rings is 1. The number of amides is 2. The van der Waals surface area contributed by atoms with E-state index in [2.05, 4.69) is 16.2 Å². The molecule has 1 aliphatic rings. The Balaban J connectivity index is 0.00000150. The number of carbonyl (C=O) groups is 3. The van der Waals surface area contributed by atoms with Crippen molar-refractivity contribution in [1.29, 1.82) is 0 Å². The minimum absolute atomic E-state index is 0. The van der Waals surface area contributed by atoms with Crippen molar-refractivity contribution < 1.29 is 15.8 Å². The molecule has 28 heavy (non-hydrogen) atoms. The maximum atomic E-state index is 12.6. The van der Waals surface area contributed by atoms with Gasteiger partial charge in [0.25, 0.3) is 11.8 Å². The van der Waals surface area contributed by atoms with Crippen molar-refractivity contribution in [3.05, 3.63) is 66.1 Å². The molecule has 1 aromatic carbocycles. The monoisotopic (exact) mass is 371 g/mol. The molecular weight excluding hydrogens is 353 g/mol. The molecule has 3 aromatic rings. The first kappa shape index (κ1) is 19.5.